The van der Waals surface area contributed by atoms with Crippen molar-refractivity contribution in [1.29, 1.82) is 0 Å². The summed E-state index contributed by atoms with van der Waals surface area (Å²) in [6.07, 6.45) is -1.33. The average Bonchev–Trinajstić information content (AvgIpc) is 2.15. The second-order valence-electron chi connectivity index (χ2n) is 2.34. The Labute approximate surface area is 77.8 Å². The monoisotopic (exact) mass is 203 g/mol. The maximum absolute atomic E-state index is 11.8. The quantitative estimate of drug-likeness (QED) is 0.758. The fourth-order valence-corrected chi connectivity index (χ4v) is 0.742. The molecular formula is C7H7F2N3O2. The summed E-state index contributed by atoms with van der Waals surface area (Å²) in [4.78, 5) is 17.3. The van der Waals surface area contributed by atoms with Crippen molar-refractivity contribution >= 4 is 11.8 Å². The molecule has 0 unspecified atom stereocenters. The highest BCUT2D eigenvalue weighted by Crippen LogP contribution is 2.03. The molecule has 1 rings (SSSR count). The van der Waals surface area contributed by atoms with Crippen molar-refractivity contribution in [2.45, 2.75) is 6.43 Å². The molecule has 0 saturated carbocycles. The van der Waals surface area contributed by atoms with Gasteiger partial charge in [-0.1, -0.05) is 0 Å². The Balaban J connectivity index is 2.69. The Kier molecular flexibility index (Phi) is 3.27. The topological polar surface area (TPSA) is 75.1 Å². The third-order valence-electron chi connectivity index (χ3n) is 1.28. The molecule has 0 atom stereocenters. The normalized spacial score (nSPS) is 10.2. The number of carboxylic acid groups (broad SMARTS) is 1. The van der Waals surface area contributed by atoms with E-state index in [1.165, 1.54) is 12.3 Å². The van der Waals surface area contributed by atoms with Crippen molar-refractivity contribution in [2.75, 3.05) is 11.9 Å². The van der Waals surface area contributed by atoms with Gasteiger partial charge in [-0.3, -0.25) is 0 Å². The Bertz CT molecular complexity index is 332. The highest BCUT2D eigenvalue weighted by molar-refractivity contribution is 5.83. The molecule has 1 aromatic heterocycles. The van der Waals surface area contributed by atoms with Gasteiger partial charge in [0.15, 0.2) is 0 Å². The van der Waals surface area contributed by atoms with Gasteiger partial charge in [0.1, 0.15) is 5.82 Å². The largest absolute Gasteiger partial charge is 0.475 e. The van der Waals surface area contributed by atoms with Crippen molar-refractivity contribution in [2.24, 2.45) is 0 Å². The lowest BCUT2D eigenvalue weighted by molar-refractivity contribution is 0.0683. The molecule has 7 heteroatoms. The maximum Gasteiger partial charge on any atom is 0.374 e. The first-order valence-corrected chi connectivity index (χ1v) is 3.68. The summed E-state index contributed by atoms with van der Waals surface area (Å²) in [6.45, 7) is -0.573. The standard InChI is InChI=1S/C7H7F2N3O2/c8-4(9)3-11-5-1-2-10-6(12-5)7(13)14/h1-2,4H,3H2,(H,13,14)(H,10,11,12). The average molecular weight is 203 g/mol. The number of halogens is 2. The highest BCUT2D eigenvalue weighted by Gasteiger charge is 2.07. The van der Waals surface area contributed by atoms with Gasteiger partial charge < -0.3 is 10.4 Å². The third kappa shape index (κ3) is 2.92. The minimum absolute atomic E-state index is 0.0673. The van der Waals surface area contributed by atoms with Gasteiger partial charge in [-0.05, 0) is 6.07 Å². The van der Waals surface area contributed by atoms with E-state index in [1.807, 2.05) is 0 Å². The van der Waals surface area contributed by atoms with E-state index in [2.05, 4.69) is 15.3 Å². The molecule has 0 aromatic carbocycles. The lowest BCUT2D eigenvalue weighted by Gasteiger charge is -2.03. The number of alkyl halides is 2. The number of nitrogens with one attached hydrogen (secondary N) is 1. The molecule has 0 radical (unpaired) electrons. The molecule has 0 aliphatic carbocycles. The van der Waals surface area contributed by atoms with E-state index in [4.69, 9.17) is 5.11 Å². The summed E-state index contributed by atoms with van der Waals surface area (Å²) in [6, 6.07) is 1.31. The van der Waals surface area contributed by atoms with E-state index in [-0.39, 0.29) is 5.82 Å². The summed E-state index contributed by atoms with van der Waals surface area (Å²) in [7, 11) is 0. The van der Waals surface area contributed by atoms with Gasteiger partial charge >= 0.3 is 5.97 Å². The number of nitrogens with zero attached hydrogens (tertiary/aromatic N) is 2. The molecule has 0 spiro atoms. The van der Waals surface area contributed by atoms with Gasteiger partial charge in [-0.15, -0.1) is 0 Å². The molecule has 0 amide bonds. The SMILES string of the molecule is O=C(O)c1nccc(NCC(F)F)n1. The Morgan fingerprint density at radius 1 is 1.64 bits per heavy atom. The van der Waals surface area contributed by atoms with Gasteiger partial charge in [0.05, 0.1) is 6.54 Å². The molecule has 5 nitrogen and oxygen atoms in total. The molecular weight excluding hydrogens is 196 g/mol. The van der Waals surface area contributed by atoms with E-state index < -0.39 is 24.8 Å². The van der Waals surface area contributed by atoms with Crippen LogP contribution in [0.4, 0.5) is 14.6 Å². The molecule has 1 aromatic rings. The van der Waals surface area contributed by atoms with Gasteiger partial charge in [0.2, 0.25) is 5.82 Å². The second-order valence-corrected chi connectivity index (χ2v) is 2.34. The smallest absolute Gasteiger partial charge is 0.374 e. The second kappa shape index (κ2) is 4.45. The molecule has 0 fully saturated rings. The van der Waals surface area contributed by atoms with Gasteiger partial charge in [0, 0.05) is 6.20 Å². The number of anilines is 1. The van der Waals surface area contributed by atoms with E-state index >= 15 is 0 Å². The van der Waals surface area contributed by atoms with Gasteiger partial charge in [-0.2, -0.15) is 0 Å². The summed E-state index contributed by atoms with van der Waals surface area (Å²) in [5, 5.41) is 10.8. The lowest BCUT2D eigenvalue weighted by atomic mass is 10.5. The van der Waals surface area contributed by atoms with Crippen molar-refractivity contribution in [3.05, 3.63) is 18.1 Å². The molecule has 1 heterocycles. The van der Waals surface area contributed by atoms with Crippen LogP contribution >= 0.6 is 0 Å². The Hall–Kier alpha value is -1.79. The van der Waals surface area contributed by atoms with Crippen LogP contribution < -0.4 is 5.32 Å². The predicted molar refractivity (Wildman–Crippen MR) is 43.5 cm³/mol. The van der Waals surface area contributed by atoms with Gasteiger partial charge in [0.25, 0.3) is 6.43 Å². The van der Waals surface area contributed by atoms with E-state index in [0.717, 1.165) is 0 Å². The zero-order valence-corrected chi connectivity index (χ0v) is 6.94. The first-order valence-electron chi connectivity index (χ1n) is 3.68. The van der Waals surface area contributed by atoms with Crippen molar-refractivity contribution in [3.8, 4) is 0 Å². The summed E-state index contributed by atoms with van der Waals surface area (Å²) < 4.78 is 23.5. The van der Waals surface area contributed by atoms with Crippen LogP contribution in [0.2, 0.25) is 0 Å². The number of rotatable bonds is 4. The number of hydrogen-bond acceptors (Lipinski definition) is 4. The lowest BCUT2D eigenvalue weighted by Crippen LogP contribution is -2.13. The molecule has 0 aliphatic heterocycles. The number of hydrogen-bond donors (Lipinski definition) is 2. The third-order valence-corrected chi connectivity index (χ3v) is 1.28. The van der Waals surface area contributed by atoms with E-state index in [9.17, 15) is 13.6 Å². The molecule has 2 N–H and O–H groups in total. The molecule has 14 heavy (non-hydrogen) atoms. The molecule has 0 saturated heterocycles. The van der Waals surface area contributed by atoms with Crippen LogP contribution in [0.5, 0.6) is 0 Å². The fourth-order valence-electron chi connectivity index (χ4n) is 0.742. The van der Waals surface area contributed by atoms with Crippen LogP contribution in [-0.2, 0) is 0 Å². The van der Waals surface area contributed by atoms with Crippen LogP contribution in [0.15, 0.2) is 12.3 Å². The minimum atomic E-state index is -2.52. The first-order chi connectivity index (χ1) is 6.59. The number of carboxylic acids is 1. The van der Waals surface area contributed by atoms with Crippen molar-refractivity contribution < 1.29 is 18.7 Å². The first kappa shape index (κ1) is 10.3. The number of aromatic nitrogens is 2. The summed E-state index contributed by atoms with van der Waals surface area (Å²) >= 11 is 0. The van der Waals surface area contributed by atoms with Crippen LogP contribution in [0.1, 0.15) is 10.6 Å². The minimum Gasteiger partial charge on any atom is -0.475 e. The van der Waals surface area contributed by atoms with E-state index in [0.29, 0.717) is 0 Å². The maximum atomic E-state index is 11.8. The van der Waals surface area contributed by atoms with Crippen molar-refractivity contribution in [1.82, 2.24) is 9.97 Å². The predicted octanol–water partition coefficient (Wildman–Crippen LogP) is 0.852. The zero-order valence-electron chi connectivity index (χ0n) is 6.94. The Morgan fingerprint density at radius 2 is 2.36 bits per heavy atom. The Morgan fingerprint density at radius 3 is 2.93 bits per heavy atom. The molecule has 0 bridgehead atoms. The fraction of sp³-hybridized carbons (Fsp3) is 0.286. The summed E-state index contributed by atoms with van der Waals surface area (Å²) in [5.74, 6) is -1.66. The van der Waals surface area contributed by atoms with E-state index in [1.54, 1.807) is 0 Å². The molecule has 76 valence electrons. The van der Waals surface area contributed by atoms with Crippen LogP contribution in [0.3, 0.4) is 0 Å². The molecule has 0 aliphatic rings. The van der Waals surface area contributed by atoms with Crippen molar-refractivity contribution in [3.63, 3.8) is 0 Å². The summed E-state index contributed by atoms with van der Waals surface area (Å²) in [5.41, 5.74) is 0. The number of carbonyl (C=O) groups is 1. The van der Waals surface area contributed by atoms with Crippen LogP contribution in [0.25, 0.3) is 0 Å². The van der Waals surface area contributed by atoms with Crippen LogP contribution in [0, 0.1) is 0 Å². The highest BCUT2D eigenvalue weighted by atomic mass is 19.3. The van der Waals surface area contributed by atoms with Gasteiger partial charge in [-0.25, -0.2) is 23.5 Å². The zero-order chi connectivity index (χ0) is 10.6. The van der Waals surface area contributed by atoms with Crippen LogP contribution in [-0.4, -0.2) is 34.0 Å². The number of aromatic carboxylic acids is 1.